The quantitative estimate of drug-likeness (QED) is 0.778. The first kappa shape index (κ1) is 18.3. The smallest absolute Gasteiger partial charge is 0.308 e. The Balaban J connectivity index is 1.98. The van der Waals surface area contributed by atoms with Crippen LogP contribution in [0.5, 0.6) is 5.75 Å². The van der Waals surface area contributed by atoms with Crippen LogP contribution in [0, 0.1) is 19.8 Å². The number of ether oxygens (including phenoxy) is 2. The first-order valence-electron chi connectivity index (χ1n) is 8.56. The average Bonchev–Trinajstić information content (AvgIpc) is 2.57. The van der Waals surface area contributed by atoms with Crippen LogP contribution in [0.15, 0.2) is 18.2 Å². The summed E-state index contributed by atoms with van der Waals surface area (Å²) >= 11 is 0. The fourth-order valence-corrected chi connectivity index (χ4v) is 3.18. The Morgan fingerprint density at radius 3 is 2.25 bits per heavy atom. The number of carbonyl (C=O) groups excluding carboxylic acids is 2. The summed E-state index contributed by atoms with van der Waals surface area (Å²) in [5.41, 5.74) is 2.23. The van der Waals surface area contributed by atoms with E-state index in [0.29, 0.717) is 32.4 Å². The van der Waals surface area contributed by atoms with Gasteiger partial charge in [-0.15, -0.1) is 0 Å². The number of rotatable bonds is 5. The van der Waals surface area contributed by atoms with E-state index >= 15 is 0 Å². The zero-order valence-corrected chi connectivity index (χ0v) is 15.0. The Kier molecular flexibility index (Phi) is 6.23. The predicted octanol–water partition coefficient (Wildman–Crippen LogP) is 2.87. The van der Waals surface area contributed by atoms with Crippen molar-refractivity contribution in [1.82, 2.24) is 4.90 Å². The predicted molar refractivity (Wildman–Crippen MR) is 91.9 cm³/mol. The van der Waals surface area contributed by atoms with Gasteiger partial charge in [0.1, 0.15) is 5.75 Å². The summed E-state index contributed by atoms with van der Waals surface area (Å²) < 4.78 is 10.7. The van der Waals surface area contributed by atoms with Gasteiger partial charge in [-0.05, 0) is 56.4 Å². The highest BCUT2D eigenvalue weighted by Crippen LogP contribution is 2.22. The van der Waals surface area contributed by atoms with E-state index in [9.17, 15) is 9.59 Å². The molecule has 2 rings (SSSR count). The van der Waals surface area contributed by atoms with Crippen molar-refractivity contribution in [2.45, 2.75) is 46.1 Å². The topological polar surface area (TPSA) is 55.8 Å². The Labute approximate surface area is 143 Å². The van der Waals surface area contributed by atoms with Gasteiger partial charge in [-0.3, -0.25) is 9.59 Å². The molecule has 1 aromatic carbocycles. The average molecular weight is 333 g/mol. The monoisotopic (exact) mass is 333 g/mol. The summed E-state index contributed by atoms with van der Waals surface area (Å²) in [5, 5.41) is 0. The Morgan fingerprint density at radius 1 is 1.17 bits per heavy atom. The van der Waals surface area contributed by atoms with Crippen molar-refractivity contribution >= 4 is 11.9 Å². The fourth-order valence-electron chi connectivity index (χ4n) is 3.18. The molecule has 0 spiro atoms. The van der Waals surface area contributed by atoms with E-state index in [-0.39, 0.29) is 17.8 Å². The van der Waals surface area contributed by atoms with Crippen LogP contribution < -0.4 is 4.74 Å². The summed E-state index contributed by atoms with van der Waals surface area (Å²) in [7, 11) is 1.41. The summed E-state index contributed by atoms with van der Waals surface area (Å²) in [6.07, 6.45) is 1.43. The minimum absolute atomic E-state index is 0.0000231. The van der Waals surface area contributed by atoms with Crippen LogP contribution in [0.2, 0.25) is 0 Å². The second kappa shape index (κ2) is 8.18. The van der Waals surface area contributed by atoms with Crippen molar-refractivity contribution in [2.24, 2.45) is 5.92 Å². The molecule has 1 unspecified atom stereocenters. The molecule has 0 aromatic heterocycles. The van der Waals surface area contributed by atoms with Gasteiger partial charge in [0, 0.05) is 13.1 Å². The molecule has 1 aliphatic heterocycles. The van der Waals surface area contributed by atoms with Crippen molar-refractivity contribution in [3.8, 4) is 5.75 Å². The number of nitrogens with zero attached hydrogens (tertiary/aromatic N) is 1. The standard InChI is InChI=1S/C19H27NO4/c1-5-17(24-16-11-13(2)10-14(3)12-16)18(21)20-8-6-15(7-9-20)19(22)23-4/h10-12,15,17H,5-9H2,1-4H3. The van der Waals surface area contributed by atoms with Gasteiger partial charge in [-0.1, -0.05) is 13.0 Å². The molecule has 1 heterocycles. The number of carbonyl (C=O) groups is 2. The van der Waals surface area contributed by atoms with E-state index in [2.05, 4.69) is 6.07 Å². The van der Waals surface area contributed by atoms with E-state index in [4.69, 9.17) is 9.47 Å². The minimum Gasteiger partial charge on any atom is -0.481 e. The van der Waals surface area contributed by atoms with Crippen molar-refractivity contribution in [1.29, 1.82) is 0 Å². The van der Waals surface area contributed by atoms with E-state index < -0.39 is 6.10 Å². The summed E-state index contributed by atoms with van der Waals surface area (Å²) in [5.74, 6) is 0.456. The highest BCUT2D eigenvalue weighted by Gasteiger charge is 2.31. The third-order valence-electron chi connectivity index (χ3n) is 4.46. The number of piperidine rings is 1. The first-order chi connectivity index (χ1) is 11.4. The largest absolute Gasteiger partial charge is 0.481 e. The van der Waals surface area contributed by atoms with Crippen LogP contribution in [0.25, 0.3) is 0 Å². The van der Waals surface area contributed by atoms with Crippen molar-refractivity contribution in [2.75, 3.05) is 20.2 Å². The molecule has 1 atom stereocenters. The van der Waals surface area contributed by atoms with Crippen LogP contribution in [0.1, 0.15) is 37.3 Å². The maximum atomic E-state index is 12.7. The lowest BCUT2D eigenvalue weighted by Gasteiger charge is -2.33. The molecule has 132 valence electrons. The molecule has 0 saturated carbocycles. The number of amides is 1. The van der Waals surface area contributed by atoms with Gasteiger partial charge in [0.05, 0.1) is 13.0 Å². The summed E-state index contributed by atoms with van der Waals surface area (Å²) in [6.45, 7) is 7.13. The van der Waals surface area contributed by atoms with Gasteiger partial charge < -0.3 is 14.4 Å². The number of likely N-dealkylation sites (tertiary alicyclic amines) is 1. The van der Waals surface area contributed by atoms with Gasteiger partial charge in [0.25, 0.3) is 5.91 Å². The van der Waals surface area contributed by atoms with Crippen LogP contribution in [0.4, 0.5) is 0 Å². The maximum Gasteiger partial charge on any atom is 0.308 e. The Morgan fingerprint density at radius 2 is 1.75 bits per heavy atom. The number of methoxy groups -OCH3 is 1. The lowest BCUT2D eigenvalue weighted by Crippen LogP contribution is -2.46. The second-order valence-corrected chi connectivity index (χ2v) is 6.46. The maximum absolute atomic E-state index is 12.7. The number of hydrogen-bond donors (Lipinski definition) is 0. The molecule has 1 aliphatic rings. The van der Waals surface area contributed by atoms with Crippen LogP contribution in [-0.2, 0) is 14.3 Å². The van der Waals surface area contributed by atoms with Gasteiger partial charge in [0.15, 0.2) is 6.10 Å². The van der Waals surface area contributed by atoms with Crippen molar-refractivity contribution in [3.05, 3.63) is 29.3 Å². The number of benzene rings is 1. The molecule has 0 radical (unpaired) electrons. The van der Waals surface area contributed by atoms with E-state index in [0.717, 1.165) is 16.9 Å². The molecule has 0 bridgehead atoms. The molecular weight excluding hydrogens is 306 g/mol. The molecule has 1 fully saturated rings. The lowest BCUT2D eigenvalue weighted by molar-refractivity contribution is -0.150. The highest BCUT2D eigenvalue weighted by atomic mass is 16.5. The molecule has 0 aliphatic carbocycles. The van der Waals surface area contributed by atoms with Gasteiger partial charge in [0.2, 0.25) is 0 Å². The van der Waals surface area contributed by atoms with E-state index in [1.54, 1.807) is 4.90 Å². The second-order valence-electron chi connectivity index (χ2n) is 6.46. The van der Waals surface area contributed by atoms with Crippen LogP contribution >= 0.6 is 0 Å². The van der Waals surface area contributed by atoms with Crippen molar-refractivity contribution < 1.29 is 19.1 Å². The normalized spacial score (nSPS) is 16.6. The molecule has 5 nitrogen and oxygen atoms in total. The molecule has 1 saturated heterocycles. The number of esters is 1. The van der Waals surface area contributed by atoms with Crippen LogP contribution in [-0.4, -0.2) is 43.1 Å². The summed E-state index contributed by atoms with van der Waals surface area (Å²) in [4.78, 5) is 26.1. The molecule has 24 heavy (non-hydrogen) atoms. The SMILES string of the molecule is CCC(Oc1cc(C)cc(C)c1)C(=O)N1CCC(C(=O)OC)CC1. The lowest BCUT2D eigenvalue weighted by atomic mass is 9.96. The minimum atomic E-state index is -0.485. The van der Waals surface area contributed by atoms with E-state index in [1.165, 1.54) is 7.11 Å². The summed E-state index contributed by atoms with van der Waals surface area (Å²) in [6, 6.07) is 5.98. The first-order valence-corrected chi connectivity index (χ1v) is 8.56. The molecule has 1 amide bonds. The molecule has 0 N–H and O–H groups in total. The zero-order chi connectivity index (χ0) is 17.7. The fraction of sp³-hybridized carbons (Fsp3) is 0.579. The van der Waals surface area contributed by atoms with Crippen molar-refractivity contribution in [3.63, 3.8) is 0 Å². The molecule has 5 heteroatoms. The highest BCUT2D eigenvalue weighted by molar-refractivity contribution is 5.81. The molecular formula is C19H27NO4. The number of hydrogen-bond acceptors (Lipinski definition) is 4. The molecule has 1 aromatic rings. The Bertz CT molecular complexity index is 571. The third-order valence-corrected chi connectivity index (χ3v) is 4.46. The van der Waals surface area contributed by atoms with Crippen LogP contribution in [0.3, 0.4) is 0 Å². The zero-order valence-electron chi connectivity index (χ0n) is 15.0. The van der Waals surface area contributed by atoms with Gasteiger partial charge >= 0.3 is 5.97 Å². The Hall–Kier alpha value is -2.04. The number of aryl methyl sites for hydroxylation is 2. The third kappa shape index (κ3) is 4.49. The van der Waals surface area contributed by atoms with E-state index in [1.807, 2.05) is 32.9 Å². The van der Waals surface area contributed by atoms with Gasteiger partial charge in [-0.2, -0.15) is 0 Å². The van der Waals surface area contributed by atoms with Gasteiger partial charge in [-0.25, -0.2) is 0 Å².